The molecule has 0 aliphatic heterocycles. The minimum atomic E-state index is -0.176. The van der Waals surface area contributed by atoms with E-state index in [2.05, 4.69) is 11.4 Å². The van der Waals surface area contributed by atoms with Crippen LogP contribution in [0.5, 0.6) is 0 Å². The van der Waals surface area contributed by atoms with Crippen LogP contribution in [-0.4, -0.2) is 11.6 Å². The van der Waals surface area contributed by atoms with Gasteiger partial charge in [-0.15, -0.1) is 6.42 Å². The average molecular weight is 155 g/mol. The third-order valence-corrected chi connectivity index (χ3v) is 1.12. The van der Waals surface area contributed by atoms with Crippen LogP contribution in [0.25, 0.3) is 0 Å². The van der Waals surface area contributed by atoms with Crippen molar-refractivity contribution in [1.82, 2.24) is 5.48 Å². The van der Waals surface area contributed by atoms with Crippen LogP contribution < -0.4 is 5.48 Å². The Morgan fingerprint density at radius 1 is 1.55 bits per heavy atom. The predicted octanol–water partition coefficient (Wildman–Crippen LogP) is 1.72. The third kappa shape index (κ3) is 5.90. The summed E-state index contributed by atoms with van der Waals surface area (Å²) < 4.78 is 0. The molecule has 0 aromatic carbocycles. The van der Waals surface area contributed by atoms with Gasteiger partial charge in [0.25, 0.3) is 0 Å². The van der Waals surface area contributed by atoms with Crippen LogP contribution in [0, 0.1) is 12.3 Å². The zero-order valence-electron chi connectivity index (χ0n) is 7.77. The highest BCUT2D eigenvalue weighted by Crippen LogP contribution is 2.04. The quantitative estimate of drug-likeness (QED) is 0.495. The van der Waals surface area contributed by atoms with Crippen LogP contribution in [0.1, 0.15) is 34.1 Å². The van der Waals surface area contributed by atoms with Crippen LogP contribution in [0.2, 0.25) is 0 Å². The Labute approximate surface area is 69.3 Å². The Morgan fingerprint density at radius 2 is 2.09 bits per heavy atom. The van der Waals surface area contributed by atoms with Crippen molar-refractivity contribution in [3.63, 3.8) is 0 Å². The van der Waals surface area contributed by atoms with Gasteiger partial charge in [0.2, 0.25) is 0 Å². The third-order valence-electron chi connectivity index (χ3n) is 1.12. The lowest BCUT2D eigenvalue weighted by atomic mass is 10.2. The van der Waals surface area contributed by atoms with Crippen LogP contribution in [-0.2, 0) is 4.84 Å². The number of hydroxylamine groups is 1. The Kier molecular flexibility index (Phi) is 4.17. The summed E-state index contributed by atoms with van der Waals surface area (Å²) in [6, 6.07) is 0.0224. The minimum absolute atomic E-state index is 0.0224. The lowest BCUT2D eigenvalue weighted by Crippen LogP contribution is -2.35. The summed E-state index contributed by atoms with van der Waals surface area (Å²) in [4.78, 5) is 5.28. The monoisotopic (exact) mass is 155 g/mol. The molecule has 0 bridgehead atoms. The van der Waals surface area contributed by atoms with Gasteiger partial charge in [-0.2, -0.15) is 5.48 Å². The van der Waals surface area contributed by atoms with E-state index in [1.165, 1.54) is 0 Å². The molecule has 0 saturated carbocycles. The maximum absolute atomic E-state index is 5.28. The first-order chi connectivity index (χ1) is 4.99. The van der Waals surface area contributed by atoms with E-state index < -0.39 is 0 Å². The first-order valence-corrected chi connectivity index (χ1v) is 3.89. The summed E-state index contributed by atoms with van der Waals surface area (Å²) in [6.07, 6.45) is 6.10. The number of nitrogens with one attached hydrogen (secondary N) is 1. The van der Waals surface area contributed by atoms with Gasteiger partial charge in [0, 0.05) is 0 Å². The first kappa shape index (κ1) is 10.5. The topological polar surface area (TPSA) is 21.3 Å². The van der Waals surface area contributed by atoms with E-state index in [0.29, 0.717) is 0 Å². The van der Waals surface area contributed by atoms with Gasteiger partial charge in [-0.05, 0) is 27.2 Å². The standard InChI is InChI=1S/C9H17NO/c1-6-8(7-2)10-11-9(3,4)5/h1,8,10H,7H2,2-5H3. The molecule has 0 aromatic heterocycles. The van der Waals surface area contributed by atoms with Gasteiger partial charge < -0.3 is 0 Å². The van der Waals surface area contributed by atoms with Gasteiger partial charge >= 0.3 is 0 Å². The fourth-order valence-corrected chi connectivity index (χ4v) is 0.483. The number of hydrogen-bond donors (Lipinski definition) is 1. The Balaban J connectivity index is 3.62. The molecule has 0 radical (unpaired) electrons. The van der Waals surface area contributed by atoms with Gasteiger partial charge in [-0.3, -0.25) is 4.84 Å². The second-order valence-corrected chi connectivity index (χ2v) is 3.46. The average Bonchev–Trinajstić information content (AvgIpc) is 1.88. The molecule has 1 N–H and O–H groups in total. The van der Waals surface area contributed by atoms with Crippen molar-refractivity contribution in [3.8, 4) is 12.3 Å². The maximum atomic E-state index is 5.28. The molecule has 0 amide bonds. The highest BCUT2D eigenvalue weighted by molar-refractivity contribution is 4.96. The van der Waals surface area contributed by atoms with E-state index in [0.717, 1.165) is 6.42 Å². The molecule has 0 aromatic rings. The zero-order valence-corrected chi connectivity index (χ0v) is 7.77. The van der Waals surface area contributed by atoms with E-state index in [4.69, 9.17) is 11.3 Å². The van der Waals surface area contributed by atoms with E-state index in [9.17, 15) is 0 Å². The molecule has 64 valence electrons. The summed E-state index contributed by atoms with van der Waals surface area (Å²) in [5.74, 6) is 2.59. The second-order valence-electron chi connectivity index (χ2n) is 3.46. The smallest absolute Gasteiger partial charge is 0.0923 e. The molecule has 0 heterocycles. The number of terminal acetylenes is 1. The van der Waals surface area contributed by atoms with Crippen molar-refractivity contribution in [2.24, 2.45) is 0 Å². The Morgan fingerprint density at radius 3 is 2.36 bits per heavy atom. The molecule has 11 heavy (non-hydrogen) atoms. The summed E-state index contributed by atoms with van der Waals surface area (Å²) in [7, 11) is 0. The van der Waals surface area contributed by atoms with E-state index >= 15 is 0 Å². The van der Waals surface area contributed by atoms with Crippen LogP contribution in [0.3, 0.4) is 0 Å². The molecule has 0 aliphatic rings. The molecule has 2 nitrogen and oxygen atoms in total. The summed E-state index contributed by atoms with van der Waals surface area (Å²) in [5.41, 5.74) is 2.65. The summed E-state index contributed by atoms with van der Waals surface area (Å²) in [6.45, 7) is 7.94. The molecule has 0 rings (SSSR count). The molecule has 0 spiro atoms. The lowest BCUT2D eigenvalue weighted by Gasteiger charge is -2.21. The maximum Gasteiger partial charge on any atom is 0.0923 e. The molecule has 1 atom stereocenters. The normalized spacial score (nSPS) is 14.1. The summed E-state index contributed by atoms with van der Waals surface area (Å²) >= 11 is 0. The highest BCUT2D eigenvalue weighted by atomic mass is 16.7. The lowest BCUT2D eigenvalue weighted by molar-refractivity contribution is -0.0811. The molecule has 2 heteroatoms. The van der Waals surface area contributed by atoms with Crippen LogP contribution in [0.15, 0.2) is 0 Å². The van der Waals surface area contributed by atoms with Gasteiger partial charge in [0.05, 0.1) is 11.6 Å². The van der Waals surface area contributed by atoms with Crippen molar-refractivity contribution in [2.45, 2.75) is 45.8 Å². The Hall–Kier alpha value is -0.520. The fourth-order valence-electron chi connectivity index (χ4n) is 0.483. The number of hydrogen-bond acceptors (Lipinski definition) is 2. The van der Waals surface area contributed by atoms with Gasteiger partial charge in [0.15, 0.2) is 0 Å². The predicted molar refractivity (Wildman–Crippen MR) is 46.9 cm³/mol. The van der Waals surface area contributed by atoms with E-state index in [-0.39, 0.29) is 11.6 Å². The molecule has 0 saturated heterocycles. The second kappa shape index (κ2) is 4.38. The van der Waals surface area contributed by atoms with Crippen molar-refractivity contribution >= 4 is 0 Å². The molecule has 0 aliphatic carbocycles. The molecular formula is C9H17NO. The molecular weight excluding hydrogens is 138 g/mol. The summed E-state index contributed by atoms with van der Waals surface area (Å²) in [5, 5.41) is 0. The van der Waals surface area contributed by atoms with Crippen molar-refractivity contribution in [1.29, 1.82) is 0 Å². The van der Waals surface area contributed by atoms with Gasteiger partial charge in [0.1, 0.15) is 0 Å². The first-order valence-electron chi connectivity index (χ1n) is 3.89. The fraction of sp³-hybridized carbons (Fsp3) is 0.778. The number of rotatable bonds is 3. The zero-order chi connectivity index (χ0) is 8.91. The highest BCUT2D eigenvalue weighted by Gasteiger charge is 2.12. The SMILES string of the molecule is C#CC(CC)NOC(C)(C)C. The Bertz CT molecular complexity index is 141. The van der Waals surface area contributed by atoms with Crippen LogP contribution >= 0.6 is 0 Å². The van der Waals surface area contributed by atoms with Crippen molar-refractivity contribution < 1.29 is 4.84 Å². The van der Waals surface area contributed by atoms with Gasteiger partial charge in [-0.25, -0.2) is 0 Å². The van der Waals surface area contributed by atoms with Crippen molar-refractivity contribution in [3.05, 3.63) is 0 Å². The largest absolute Gasteiger partial charge is 0.295 e. The molecule has 1 unspecified atom stereocenters. The minimum Gasteiger partial charge on any atom is -0.295 e. The van der Waals surface area contributed by atoms with E-state index in [1.54, 1.807) is 0 Å². The van der Waals surface area contributed by atoms with Crippen LogP contribution in [0.4, 0.5) is 0 Å². The van der Waals surface area contributed by atoms with Crippen molar-refractivity contribution in [2.75, 3.05) is 0 Å². The van der Waals surface area contributed by atoms with E-state index in [1.807, 2.05) is 27.7 Å². The molecule has 0 fully saturated rings. The van der Waals surface area contributed by atoms with Gasteiger partial charge in [-0.1, -0.05) is 12.8 Å².